The zero-order chi connectivity index (χ0) is 15.0. The first-order valence-corrected chi connectivity index (χ1v) is 7.67. The van der Waals surface area contributed by atoms with Gasteiger partial charge in [0.2, 0.25) is 0 Å². The summed E-state index contributed by atoms with van der Waals surface area (Å²) >= 11 is 0. The summed E-state index contributed by atoms with van der Waals surface area (Å²) in [4.78, 5) is 14.8. The highest BCUT2D eigenvalue weighted by atomic mass is 16.5. The van der Waals surface area contributed by atoms with Crippen LogP contribution in [-0.4, -0.2) is 47.3 Å². The van der Waals surface area contributed by atoms with Gasteiger partial charge in [0, 0.05) is 19.2 Å². The maximum atomic E-state index is 12.9. The van der Waals surface area contributed by atoms with E-state index in [2.05, 4.69) is 0 Å². The lowest BCUT2D eigenvalue weighted by atomic mass is 9.79. The number of aryl methyl sites for hydroxylation is 1. The van der Waals surface area contributed by atoms with E-state index in [1.165, 1.54) is 0 Å². The molecule has 1 amide bonds. The highest BCUT2D eigenvalue weighted by Gasteiger charge is 2.52. The Bertz CT molecular complexity index is 545. The Hall–Kier alpha value is -1.39. The third kappa shape index (κ3) is 2.36. The van der Waals surface area contributed by atoms with Crippen LogP contribution in [0.3, 0.4) is 0 Å². The minimum Gasteiger partial charge on any atom is -0.393 e. The Morgan fingerprint density at radius 1 is 1.38 bits per heavy atom. The van der Waals surface area contributed by atoms with Crippen molar-refractivity contribution in [1.82, 2.24) is 4.90 Å². The van der Waals surface area contributed by atoms with Crippen LogP contribution in [-0.2, 0) is 4.74 Å². The van der Waals surface area contributed by atoms with Gasteiger partial charge in [0.15, 0.2) is 0 Å². The van der Waals surface area contributed by atoms with E-state index in [4.69, 9.17) is 4.74 Å². The summed E-state index contributed by atoms with van der Waals surface area (Å²) in [6.45, 7) is 2.67. The van der Waals surface area contributed by atoms with Crippen LogP contribution in [0.25, 0.3) is 0 Å². The molecule has 3 rings (SSSR count). The van der Waals surface area contributed by atoms with Crippen LogP contribution >= 0.6 is 0 Å². The van der Waals surface area contributed by atoms with Crippen molar-refractivity contribution in [2.24, 2.45) is 0 Å². The van der Waals surface area contributed by atoms with Gasteiger partial charge in [-0.2, -0.15) is 0 Å². The highest BCUT2D eigenvalue weighted by molar-refractivity contribution is 5.96. The molecular weight excluding hydrogens is 266 g/mol. The third-order valence-electron chi connectivity index (χ3n) is 5.20. The number of carbonyl (C=O) groups is 1. The molecule has 0 spiro atoms. The van der Waals surface area contributed by atoms with Crippen molar-refractivity contribution in [2.75, 3.05) is 13.7 Å². The summed E-state index contributed by atoms with van der Waals surface area (Å²) in [5, 5.41) is 10.00. The molecule has 1 aromatic carbocycles. The lowest BCUT2D eigenvalue weighted by Gasteiger charge is -2.42. The third-order valence-corrected chi connectivity index (χ3v) is 5.20. The summed E-state index contributed by atoms with van der Waals surface area (Å²) in [6.07, 6.45) is 2.73. The van der Waals surface area contributed by atoms with Gasteiger partial charge in [-0.3, -0.25) is 4.79 Å². The molecule has 0 bridgehead atoms. The number of hydrogen-bond acceptors (Lipinski definition) is 3. The second kappa shape index (κ2) is 5.43. The molecule has 1 heterocycles. The molecule has 2 fully saturated rings. The molecule has 0 radical (unpaired) electrons. The molecule has 1 aromatic rings. The van der Waals surface area contributed by atoms with Crippen molar-refractivity contribution in [1.29, 1.82) is 0 Å². The summed E-state index contributed by atoms with van der Waals surface area (Å²) in [5.74, 6) is 0.0612. The van der Waals surface area contributed by atoms with Gasteiger partial charge in [-0.15, -0.1) is 0 Å². The van der Waals surface area contributed by atoms with Crippen molar-refractivity contribution < 1.29 is 14.6 Å². The zero-order valence-electron chi connectivity index (χ0n) is 12.7. The smallest absolute Gasteiger partial charge is 0.254 e. The summed E-state index contributed by atoms with van der Waals surface area (Å²) in [5.41, 5.74) is 1.48. The molecule has 3 atom stereocenters. The number of likely N-dealkylation sites (tertiary alicyclic amines) is 1. The fourth-order valence-electron chi connectivity index (χ4n) is 3.89. The van der Waals surface area contributed by atoms with Crippen LogP contribution in [0.1, 0.15) is 41.6 Å². The second-order valence-electron chi connectivity index (χ2n) is 6.28. The number of amides is 1. The van der Waals surface area contributed by atoms with Gasteiger partial charge in [-0.1, -0.05) is 18.2 Å². The number of ether oxygens (including phenoxy) is 1. The number of methoxy groups -OCH3 is 1. The predicted molar refractivity (Wildman–Crippen MR) is 80.2 cm³/mol. The van der Waals surface area contributed by atoms with Gasteiger partial charge in [-0.05, 0) is 44.2 Å². The SMILES string of the molecule is CO[C@@]12CC[C@@H](O)C[C@@H]1N(C(=O)c1ccccc1C)CC2. The van der Waals surface area contributed by atoms with Crippen molar-refractivity contribution in [3.8, 4) is 0 Å². The Kier molecular flexibility index (Phi) is 3.76. The van der Waals surface area contributed by atoms with Gasteiger partial charge < -0.3 is 14.7 Å². The number of aliphatic hydroxyl groups excluding tert-OH is 1. The monoisotopic (exact) mass is 289 g/mol. The standard InChI is InChI=1S/C17H23NO3/c1-12-5-3-4-6-14(12)16(20)18-10-9-17(21-2)8-7-13(19)11-15(17)18/h3-6,13,15,19H,7-11H2,1-2H3/t13-,15+,17-/m1/s1. The Labute approximate surface area is 125 Å². The number of hydrogen-bond donors (Lipinski definition) is 1. The molecule has 4 nitrogen and oxygen atoms in total. The summed E-state index contributed by atoms with van der Waals surface area (Å²) < 4.78 is 5.79. The first-order chi connectivity index (χ1) is 10.1. The molecule has 2 aliphatic rings. The molecular formula is C17H23NO3. The number of aliphatic hydroxyl groups is 1. The fraction of sp³-hybridized carbons (Fsp3) is 0.588. The first-order valence-electron chi connectivity index (χ1n) is 7.67. The van der Waals surface area contributed by atoms with Crippen LogP contribution in [0.5, 0.6) is 0 Å². The van der Waals surface area contributed by atoms with Gasteiger partial charge in [-0.25, -0.2) is 0 Å². The van der Waals surface area contributed by atoms with Crippen LogP contribution in [0.4, 0.5) is 0 Å². The van der Waals surface area contributed by atoms with Crippen molar-refractivity contribution in [2.45, 2.75) is 50.4 Å². The van der Waals surface area contributed by atoms with Crippen LogP contribution in [0.2, 0.25) is 0 Å². The predicted octanol–water partition coefficient (Wildman–Crippen LogP) is 2.14. The molecule has 1 N–H and O–H groups in total. The van der Waals surface area contributed by atoms with E-state index in [1.54, 1.807) is 7.11 Å². The molecule has 0 unspecified atom stereocenters. The van der Waals surface area contributed by atoms with E-state index in [0.29, 0.717) is 13.0 Å². The van der Waals surface area contributed by atoms with Crippen molar-refractivity contribution in [3.63, 3.8) is 0 Å². The Balaban J connectivity index is 1.89. The van der Waals surface area contributed by atoms with E-state index >= 15 is 0 Å². The summed E-state index contributed by atoms with van der Waals surface area (Å²) in [7, 11) is 1.73. The maximum Gasteiger partial charge on any atom is 0.254 e. The van der Waals surface area contributed by atoms with E-state index < -0.39 is 0 Å². The second-order valence-corrected chi connectivity index (χ2v) is 6.28. The lowest BCUT2D eigenvalue weighted by Crippen LogP contribution is -2.52. The largest absolute Gasteiger partial charge is 0.393 e. The molecule has 1 saturated carbocycles. The highest BCUT2D eigenvalue weighted by Crippen LogP contribution is 2.43. The average Bonchev–Trinajstić information content (AvgIpc) is 2.86. The molecule has 4 heteroatoms. The summed E-state index contributed by atoms with van der Waals surface area (Å²) in [6, 6.07) is 7.67. The number of benzene rings is 1. The number of carbonyl (C=O) groups excluding carboxylic acids is 1. The van der Waals surface area contributed by atoms with E-state index in [0.717, 1.165) is 30.4 Å². The molecule has 21 heavy (non-hydrogen) atoms. The lowest BCUT2D eigenvalue weighted by molar-refractivity contribution is -0.0824. The van der Waals surface area contributed by atoms with E-state index in [9.17, 15) is 9.90 Å². The fourth-order valence-corrected chi connectivity index (χ4v) is 3.89. The molecule has 0 aromatic heterocycles. The van der Waals surface area contributed by atoms with Crippen LogP contribution in [0.15, 0.2) is 24.3 Å². The molecule has 1 aliphatic carbocycles. The molecule has 1 saturated heterocycles. The molecule has 1 aliphatic heterocycles. The minimum absolute atomic E-state index is 0.0154. The quantitative estimate of drug-likeness (QED) is 0.907. The molecule has 114 valence electrons. The number of nitrogens with zero attached hydrogens (tertiary/aromatic N) is 1. The number of rotatable bonds is 2. The Morgan fingerprint density at radius 3 is 2.86 bits per heavy atom. The average molecular weight is 289 g/mol. The Morgan fingerprint density at radius 2 is 2.14 bits per heavy atom. The normalized spacial score (nSPS) is 32.0. The van der Waals surface area contributed by atoms with Gasteiger partial charge in [0.1, 0.15) is 0 Å². The van der Waals surface area contributed by atoms with Crippen LogP contribution < -0.4 is 0 Å². The first kappa shape index (κ1) is 14.5. The van der Waals surface area contributed by atoms with E-state index in [1.807, 2.05) is 36.1 Å². The maximum absolute atomic E-state index is 12.9. The van der Waals surface area contributed by atoms with Crippen molar-refractivity contribution in [3.05, 3.63) is 35.4 Å². The van der Waals surface area contributed by atoms with E-state index in [-0.39, 0.29) is 23.7 Å². The van der Waals surface area contributed by atoms with Gasteiger partial charge >= 0.3 is 0 Å². The number of fused-ring (bicyclic) bond motifs is 1. The van der Waals surface area contributed by atoms with Gasteiger partial charge in [0.05, 0.1) is 17.7 Å². The topological polar surface area (TPSA) is 49.8 Å². The minimum atomic E-state index is -0.330. The van der Waals surface area contributed by atoms with Gasteiger partial charge in [0.25, 0.3) is 5.91 Å². The van der Waals surface area contributed by atoms with Crippen molar-refractivity contribution >= 4 is 5.91 Å². The zero-order valence-corrected chi connectivity index (χ0v) is 12.7. The van der Waals surface area contributed by atoms with Crippen LogP contribution in [0, 0.1) is 6.92 Å².